The molecular formula is C36H30B2N6O6. The number of nitrogen functional groups attached to an aromatic ring is 1. The van der Waals surface area contributed by atoms with Crippen LogP contribution in [0.15, 0.2) is 140 Å². The van der Waals surface area contributed by atoms with E-state index in [9.17, 15) is 10.0 Å². The van der Waals surface area contributed by atoms with Crippen molar-refractivity contribution in [3.63, 3.8) is 0 Å². The van der Waals surface area contributed by atoms with Crippen molar-refractivity contribution in [2.24, 2.45) is 0 Å². The summed E-state index contributed by atoms with van der Waals surface area (Å²) in [5, 5.41) is 51.5. The van der Waals surface area contributed by atoms with E-state index in [-0.39, 0.29) is 22.7 Å². The van der Waals surface area contributed by atoms with Crippen LogP contribution in [0, 0.1) is 0 Å². The number of rotatable bonds is 9. The molecule has 0 unspecified atom stereocenters. The van der Waals surface area contributed by atoms with Crippen LogP contribution in [0.25, 0.3) is 22.0 Å². The van der Waals surface area contributed by atoms with Crippen molar-refractivity contribution in [2.45, 2.75) is 0 Å². The van der Waals surface area contributed by atoms with Gasteiger partial charge in [-0.1, -0.05) is 66.7 Å². The molecule has 0 aliphatic rings. The van der Waals surface area contributed by atoms with Crippen molar-refractivity contribution in [3.05, 3.63) is 140 Å². The number of nitrogens with one attached hydrogen (secondary N) is 1. The number of benzene rings is 4. The maximum absolute atomic E-state index is 9.48. The highest BCUT2D eigenvalue weighted by atomic mass is 16.5. The van der Waals surface area contributed by atoms with E-state index in [4.69, 9.17) is 25.3 Å². The molecule has 246 valence electrons. The highest BCUT2D eigenvalue weighted by Crippen LogP contribution is 2.31. The molecule has 0 aliphatic carbocycles. The first-order chi connectivity index (χ1) is 24.4. The second kappa shape index (κ2) is 15.7. The molecule has 0 bridgehead atoms. The van der Waals surface area contributed by atoms with Gasteiger partial charge < -0.3 is 40.6 Å². The van der Waals surface area contributed by atoms with E-state index in [0.29, 0.717) is 23.0 Å². The molecule has 0 atom stereocenters. The van der Waals surface area contributed by atoms with E-state index in [2.05, 4.69) is 25.5 Å². The van der Waals surface area contributed by atoms with Crippen LogP contribution in [0.4, 0.5) is 17.2 Å². The summed E-state index contributed by atoms with van der Waals surface area (Å²) in [6.45, 7) is 0. The van der Waals surface area contributed by atoms with Crippen LogP contribution in [0.1, 0.15) is 0 Å². The monoisotopic (exact) mass is 664 g/mol. The number of pyridine rings is 2. The van der Waals surface area contributed by atoms with E-state index in [0.717, 1.165) is 27.7 Å². The van der Waals surface area contributed by atoms with Gasteiger partial charge in [0.1, 0.15) is 17.2 Å². The van der Waals surface area contributed by atoms with E-state index in [1.807, 2.05) is 66.7 Å². The standard InChI is InChI=1S/C25H19BN4O3.C11H11BN2O3/c31-26(32)22-11-6-16-27-25(22)33-19-14-12-18(13-15-19)28-24-21-10-5-4-9-20(21)23(29-30-24)17-7-2-1-3-8-17;13-8-3-5-9(6-4-8)17-11-10(12(15)16)2-1-7-14-11/h1-16,31-32H,(H,28,30);1-7,15-16H,13H2. The summed E-state index contributed by atoms with van der Waals surface area (Å²) in [6, 6.07) is 38.2. The summed E-state index contributed by atoms with van der Waals surface area (Å²) < 4.78 is 11.2. The Labute approximate surface area is 287 Å². The van der Waals surface area contributed by atoms with Gasteiger partial charge in [-0.2, -0.15) is 0 Å². The first-order valence-electron chi connectivity index (χ1n) is 15.4. The van der Waals surface area contributed by atoms with Crippen LogP contribution in [-0.4, -0.2) is 54.5 Å². The van der Waals surface area contributed by atoms with Gasteiger partial charge in [0, 0.05) is 51.0 Å². The fraction of sp³-hybridized carbons (Fsp3) is 0. The molecule has 12 nitrogen and oxygen atoms in total. The third-order valence-corrected chi connectivity index (χ3v) is 7.32. The Bertz CT molecular complexity index is 2180. The highest BCUT2D eigenvalue weighted by Gasteiger charge is 2.19. The molecule has 7 rings (SSSR count). The van der Waals surface area contributed by atoms with Gasteiger partial charge in [0.25, 0.3) is 0 Å². The molecular weight excluding hydrogens is 634 g/mol. The minimum Gasteiger partial charge on any atom is -0.439 e. The number of hydrogen-bond acceptors (Lipinski definition) is 12. The fourth-order valence-corrected chi connectivity index (χ4v) is 4.88. The molecule has 0 aliphatic heterocycles. The van der Waals surface area contributed by atoms with Crippen molar-refractivity contribution in [1.82, 2.24) is 20.2 Å². The van der Waals surface area contributed by atoms with Crippen LogP contribution in [0.3, 0.4) is 0 Å². The predicted molar refractivity (Wildman–Crippen MR) is 194 cm³/mol. The zero-order valence-electron chi connectivity index (χ0n) is 26.4. The van der Waals surface area contributed by atoms with Gasteiger partial charge in [0.15, 0.2) is 5.82 Å². The summed E-state index contributed by atoms with van der Waals surface area (Å²) in [6.07, 6.45) is 3.04. The number of ether oxygens (including phenoxy) is 2. The Morgan fingerprint density at radius 2 is 1.06 bits per heavy atom. The largest absolute Gasteiger partial charge is 0.494 e. The Morgan fingerprint density at radius 3 is 1.62 bits per heavy atom. The van der Waals surface area contributed by atoms with Crippen LogP contribution in [0.5, 0.6) is 23.3 Å². The third kappa shape index (κ3) is 8.21. The summed E-state index contributed by atoms with van der Waals surface area (Å²) in [5.41, 5.74) is 9.22. The number of fused-ring (bicyclic) bond motifs is 1. The van der Waals surface area contributed by atoms with Crippen LogP contribution in [0.2, 0.25) is 0 Å². The molecule has 14 heteroatoms. The molecule has 0 radical (unpaired) electrons. The lowest BCUT2D eigenvalue weighted by atomic mass is 9.81. The number of hydrogen-bond donors (Lipinski definition) is 6. The Morgan fingerprint density at radius 1 is 0.540 bits per heavy atom. The van der Waals surface area contributed by atoms with Gasteiger partial charge >= 0.3 is 14.2 Å². The van der Waals surface area contributed by atoms with Gasteiger partial charge in [0.2, 0.25) is 11.8 Å². The van der Waals surface area contributed by atoms with Crippen LogP contribution >= 0.6 is 0 Å². The van der Waals surface area contributed by atoms with Crippen LogP contribution in [-0.2, 0) is 0 Å². The van der Waals surface area contributed by atoms with Gasteiger partial charge in [0.05, 0.1) is 0 Å². The summed E-state index contributed by atoms with van der Waals surface area (Å²) in [5.74, 6) is 1.99. The molecule has 3 heterocycles. The van der Waals surface area contributed by atoms with Gasteiger partial charge in [-0.15, -0.1) is 10.2 Å². The maximum Gasteiger partial charge on any atom is 0.494 e. The molecule has 0 spiro atoms. The minimum atomic E-state index is -1.67. The number of aromatic nitrogens is 4. The van der Waals surface area contributed by atoms with Gasteiger partial charge in [-0.3, -0.25) is 0 Å². The maximum atomic E-state index is 9.48. The molecule has 0 saturated carbocycles. The van der Waals surface area contributed by atoms with E-state index in [1.165, 1.54) is 18.5 Å². The lowest BCUT2D eigenvalue weighted by Crippen LogP contribution is -2.31. The highest BCUT2D eigenvalue weighted by molar-refractivity contribution is 6.60. The zero-order chi connectivity index (χ0) is 34.9. The number of anilines is 3. The zero-order valence-corrected chi connectivity index (χ0v) is 26.4. The second-order valence-corrected chi connectivity index (χ2v) is 10.8. The van der Waals surface area contributed by atoms with E-state index in [1.54, 1.807) is 54.6 Å². The van der Waals surface area contributed by atoms with Crippen molar-refractivity contribution in [2.75, 3.05) is 11.1 Å². The van der Waals surface area contributed by atoms with Crippen molar-refractivity contribution < 1.29 is 29.6 Å². The molecule has 50 heavy (non-hydrogen) atoms. The van der Waals surface area contributed by atoms with E-state index >= 15 is 0 Å². The molecule has 0 fully saturated rings. The van der Waals surface area contributed by atoms with Gasteiger partial charge in [-0.05, 0) is 60.7 Å². The summed E-state index contributed by atoms with van der Waals surface area (Å²) >= 11 is 0. The molecule has 0 amide bonds. The fourth-order valence-electron chi connectivity index (χ4n) is 4.88. The lowest BCUT2D eigenvalue weighted by molar-refractivity contribution is 0.416. The predicted octanol–water partition coefficient (Wildman–Crippen LogP) is 4.04. The Hall–Kier alpha value is -6.31. The topological polar surface area (TPSA) is 189 Å². The van der Waals surface area contributed by atoms with Crippen LogP contribution < -0.4 is 31.4 Å². The second-order valence-electron chi connectivity index (χ2n) is 10.8. The Kier molecular flexibility index (Phi) is 10.6. The average Bonchev–Trinajstić information content (AvgIpc) is 3.14. The average molecular weight is 664 g/mol. The number of nitrogens with zero attached hydrogens (tertiary/aromatic N) is 4. The molecule has 7 aromatic rings. The molecule has 7 N–H and O–H groups in total. The van der Waals surface area contributed by atoms with Crippen molar-refractivity contribution in [1.29, 1.82) is 0 Å². The molecule has 4 aromatic carbocycles. The first-order valence-corrected chi connectivity index (χ1v) is 15.4. The minimum absolute atomic E-state index is 0.140. The van der Waals surface area contributed by atoms with Gasteiger partial charge in [-0.25, -0.2) is 9.97 Å². The normalized spacial score (nSPS) is 10.5. The molecule has 3 aromatic heterocycles. The SMILES string of the molecule is Nc1ccc(Oc2ncccc2B(O)O)cc1.OB(O)c1cccnc1Oc1ccc(Nc2nnc(-c3ccccc3)c3ccccc23)cc1. The quantitative estimate of drug-likeness (QED) is 0.0962. The summed E-state index contributed by atoms with van der Waals surface area (Å²) in [7, 11) is -3.28. The van der Waals surface area contributed by atoms with E-state index < -0.39 is 14.2 Å². The van der Waals surface area contributed by atoms with Crippen molar-refractivity contribution >= 4 is 53.1 Å². The third-order valence-electron chi connectivity index (χ3n) is 7.32. The smallest absolute Gasteiger partial charge is 0.439 e. The lowest BCUT2D eigenvalue weighted by Gasteiger charge is -2.12. The Balaban J connectivity index is 0.000000214. The van der Waals surface area contributed by atoms with Crippen molar-refractivity contribution in [3.8, 4) is 34.5 Å². The first kappa shape index (κ1) is 33.6. The number of nitrogens with two attached hydrogens (primary N) is 1. The summed E-state index contributed by atoms with van der Waals surface area (Å²) in [4.78, 5) is 8.02. The molecule has 0 saturated heterocycles.